The number of likely N-dealkylation sites (tertiary alicyclic amines) is 1. The molecule has 2 aliphatic heterocycles. The Kier molecular flexibility index (Phi) is 5.94. The van der Waals surface area contributed by atoms with E-state index in [1.807, 2.05) is 4.90 Å². The van der Waals surface area contributed by atoms with Crippen LogP contribution in [0.2, 0.25) is 0 Å². The van der Waals surface area contributed by atoms with E-state index in [0.717, 1.165) is 31.5 Å². The third-order valence-corrected chi connectivity index (χ3v) is 5.67. The first-order valence-corrected chi connectivity index (χ1v) is 10.6. The van der Waals surface area contributed by atoms with Crippen LogP contribution in [0.15, 0.2) is 24.3 Å². The quantitative estimate of drug-likeness (QED) is 0.669. The van der Waals surface area contributed by atoms with Gasteiger partial charge in [-0.15, -0.1) is 0 Å². The highest BCUT2D eigenvalue weighted by Crippen LogP contribution is 2.29. The number of unbranched alkanes of at least 4 members (excludes halogenated alkanes) is 1. The Hall–Kier alpha value is -2.67. The molecule has 1 fully saturated rings. The zero-order valence-corrected chi connectivity index (χ0v) is 17.2. The summed E-state index contributed by atoms with van der Waals surface area (Å²) in [5.74, 6) is 0.748. The molecule has 1 saturated heterocycles. The first-order chi connectivity index (χ1) is 14.1. The SMILES string of the molecule is CCCCNc1nc(N)nc2c1C(=O)N(Cc1ccc(CN3CCCC3)cc1)C2. The first-order valence-electron chi connectivity index (χ1n) is 10.6. The van der Waals surface area contributed by atoms with Gasteiger partial charge in [0.05, 0.1) is 12.2 Å². The number of amides is 1. The molecule has 3 heterocycles. The smallest absolute Gasteiger partial charge is 0.260 e. The van der Waals surface area contributed by atoms with Crippen LogP contribution in [0.25, 0.3) is 0 Å². The minimum atomic E-state index is -0.0276. The third-order valence-electron chi connectivity index (χ3n) is 5.67. The van der Waals surface area contributed by atoms with Gasteiger partial charge in [0.15, 0.2) is 0 Å². The van der Waals surface area contributed by atoms with Crippen molar-refractivity contribution in [3.05, 3.63) is 46.6 Å². The van der Waals surface area contributed by atoms with Crippen molar-refractivity contribution >= 4 is 17.7 Å². The Morgan fingerprint density at radius 3 is 2.45 bits per heavy atom. The van der Waals surface area contributed by atoms with Crippen LogP contribution in [0, 0.1) is 0 Å². The van der Waals surface area contributed by atoms with E-state index in [4.69, 9.17) is 5.73 Å². The van der Waals surface area contributed by atoms with Gasteiger partial charge < -0.3 is 16.0 Å². The summed E-state index contributed by atoms with van der Waals surface area (Å²) < 4.78 is 0. The molecule has 0 radical (unpaired) electrons. The normalized spacial score (nSPS) is 16.4. The molecule has 0 spiro atoms. The van der Waals surface area contributed by atoms with Gasteiger partial charge in [0.25, 0.3) is 5.91 Å². The first kappa shape index (κ1) is 19.6. The summed E-state index contributed by atoms with van der Waals surface area (Å²) in [5, 5.41) is 3.26. The number of anilines is 2. The number of nitrogen functional groups attached to an aromatic ring is 1. The fourth-order valence-corrected chi connectivity index (χ4v) is 4.08. The van der Waals surface area contributed by atoms with Crippen LogP contribution in [0.3, 0.4) is 0 Å². The minimum Gasteiger partial charge on any atom is -0.369 e. The average molecular weight is 395 g/mol. The highest BCUT2D eigenvalue weighted by Gasteiger charge is 2.32. The summed E-state index contributed by atoms with van der Waals surface area (Å²) in [5.41, 5.74) is 9.60. The maximum Gasteiger partial charge on any atom is 0.260 e. The lowest BCUT2D eigenvalue weighted by Gasteiger charge is -2.17. The molecule has 2 aliphatic rings. The molecule has 0 unspecified atom stereocenters. The highest BCUT2D eigenvalue weighted by molar-refractivity contribution is 6.02. The zero-order valence-electron chi connectivity index (χ0n) is 17.2. The molecule has 7 heteroatoms. The number of benzene rings is 1. The van der Waals surface area contributed by atoms with Gasteiger partial charge in [-0.2, -0.15) is 4.98 Å². The van der Waals surface area contributed by atoms with E-state index < -0.39 is 0 Å². The standard InChI is InChI=1S/C22H30N6O/c1-2-3-10-24-20-19-18(25-22(23)26-20)15-28(21(19)29)14-17-8-6-16(7-9-17)13-27-11-4-5-12-27/h6-9H,2-5,10-15H2,1H3,(H3,23,24,25,26). The van der Waals surface area contributed by atoms with Gasteiger partial charge >= 0.3 is 0 Å². The van der Waals surface area contributed by atoms with E-state index in [1.54, 1.807) is 0 Å². The lowest BCUT2D eigenvalue weighted by Crippen LogP contribution is -2.24. The number of aromatic nitrogens is 2. The van der Waals surface area contributed by atoms with Crippen LogP contribution in [-0.4, -0.2) is 45.3 Å². The van der Waals surface area contributed by atoms with Crippen molar-refractivity contribution in [1.29, 1.82) is 0 Å². The van der Waals surface area contributed by atoms with Crippen molar-refractivity contribution in [2.75, 3.05) is 30.7 Å². The second-order valence-electron chi connectivity index (χ2n) is 7.99. The lowest BCUT2D eigenvalue weighted by molar-refractivity contribution is 0.0767. The molecular formula is C22H30N6O. The van der Waals surface area contributed by atoms with Crippen molar-refractivity contribution in [3.63, 3.8) is 0 Å². The molecule has 0 bridgehead atoms. The molecule has 7 nitrogen and oxygen atoms in total. The Bertz CT molecular complexity index is 860. The minimum absolute atomic E-state index is 0.0276. The molecule has 1 aromatic carbocycles. The van der Waals surface area contributed by atoms with Crippen LogP contribution >= 0.6 is 0 Å². The Morgan fingerprint density at radius 1 is 1.07 bits per heavy atom. The molecule has 3 N–H and O–H groups in total. The number of nitrogens with zero attached hydrogens (tertiary/aromatic N) is 4. The number of hydrogen-bond acceptors (Lipinski definition) is 6. The van der Waals surface area contributed by atoms with Crippen molar-refractivity contribution in [1.82, 2.24) is 19.8 Å². The number of rotatable bonds is 8. The number of carbonyl (C=O) groups is 1. The van der Waals surface area contributed by atoms with Crippen LogP contribution in [0.4, 0.5) is 11.8 Å². The Labute approximate surface area is 172 Å². The predicted molar refractivity (Wildman–Crippen MR) is 114 cm³/mol. The van der Waals surface area contributed by atoms with E-state index in [-0.39, 0.29) is 11.9 Å². The molecular weight excluding hydrogens is 364 g/mol. The number of fused-ring (bicyclic) bond motifs is 1. The van der Waals surface area contributed by atoms with Crippen molar-refractivity contribution in [3.8, 4) is 0 Å². The number of nitrogens with one attached hydrogen (secondary N) is 1. The lowest BCUT2D eigenvalue weighted by atomic mass is 10.1. The predicted octanol–water partition coefficient (Wildman–Crippen LogP) is 3.02. The topological polar surface area (TPSA) is 87.4 Å². The summed E-state index contributed by atoms with van der Waals surface area (Å²) in [7, 11) is 0. The highest BCUT2D eigenvalue weighted by atomic mass is 16.2. The molecule has 1 aromatic heterocycles. The molecule has 0 atom stereocenters. The van der Waals surface area contributed by atoms with Gasteiger partial charge in [0, 0.05) is 19.6 Å². The van der Waals surface area contributed by atoms with E-state index >= 15 is 0 Å². The Balaban J connectivity index is 1.43. The fraction of sp³-hybridized carbons (Fsp3) is 0.500. The van der Waals surface area contributed by atoms with E-state index in [9.17, 15) is 4.79 Å². The molecule has 0 saturated carbocycles. The largest absolute Gasteiger partial charge is 0.369 e. The maximum atomic E-state index is 13.0. The summed E-state index contributed by atoms with van der Waals surface area (Å²) in [4.78, 5) is 25.9. The van der Waals surface area contributed by atoms with Crippen molar-refractivity contribution in [2.24, 2.45) is 0 Å². The van der Waals surface area contributed by atoms with Gasteiger partial charge in [-0.3, -0.25) is 9.69 Å². The molecule has 2 aromatic rings. The third kappa shape index (κ3) is 4.50. The Morgan fingerprint density at radius 2 is 1.76 bits per heavy atom. The molecule has 29 heavy (non-hydrogen) atoms. The summed E-state index contributed by atoms with van der Waals surface area (Å²) >= 11 is 0. The van der Waals surface area contributed by atoms with Gasteiger partial charge in [-0.25, -0.2) is 4.98 Å². The molecule has 0 aliphatic carbocycles. The van der Waals surface area contributed by atoms with Crippen LogP contribution < -0.4 is 11.1 Å². The molecule has 154 valence electrons. The molecule has 4 rings (SSSR count). The summed E-state index contributed by atoms with van der Waals surface area (Å²) in [6.45, 7) is 7.33. The van der Waals surface area contributed by atoms with Gasteiger partial charge in [-0.1, -0.05) is 37.6 Å². The number of carbonyl (C=O) groups excluding carboxylic acids is 1. The monoisotopic (exact) mass is 394 g/mol. The second-order valence-corrected chi connectivity index (χ2v) is 7.99. The fourth-order valence-electron chi connectivity index (χ4n) is 4.08. The van der Waals surface area contributed by atoms with Crippen molar-refractivity contribution < 1.29 is 4.79 Å². The number of hydrogen-bond donors (Lipinski definition) is 2. The van der Waals surface area contributed by atoms with Gasteiger partial charge in [-0.05, 0) is 43.5 Å². The van der Waals surface area contributed by atoms with Gasteiger partial charge in [0.1, 0.15) is 11.4 Å². The summed E-state index contributed by atoms with van der Waals surface area (Å²) in [6, 6.07) is 8.61. The average Bonchev–Trinajstić information content (AvgIpc) is 3.32. The van der Waals surface area contributed by atoms with E-state index in [1.165, 1.54) is 31.5 Å². The number of nitrogens with two attached hydrogens (primary N) is 1. The van der Waals surface area contributed by atoms with E-state index in [2.05, 4.69) is 51.4 Å². The van der Waals surface area contributed by atoms with Crippen LogP contribution in [0.5, 0.6) is 0 Å². The maximum absolute atomic E-state index is 13.0. The van der Waals surface area contributed by atoms with Crippen LogP contribution in [0.1, 0.15) is 59.8 Å². The summed E-state index contributed by atoms with van der Waals surface area (Å²) in [6.07, 6.45) is 4.70. The zero-order chi connectivity index (χ0) is 20.2. The van der Waals surface area contributed by atoms with Crippen molar-refractivity contribution in [2.45, 2.75) is 52.2 Å². The second kappa shape index (κ2) is 8.78. The molecule has 1 amide bonds. The van der Waals surface area contributed by atoms with E-state index in [0.29, 0.717) is 30.2 Å². The van der Waals surface area contributed by atoms with Crippen LogP contribution in [-0.2, 0) is 19.6 Å². The van der Waals surface area contributed by atoms with Gasteiger partial charge in [0.2, 0.25) is 5.95 Å².